The predicted molar refractivity (Wildman–Crippen MR) is 117 cm³/mol. The molecular weight excluding hydrogens is 418 g/mol. The SMILES string of the molecule is COc1cc(CCn2cnc3ccc(S(=O)(=O)N4CCCC4)cc3c2=O)cc(OC)c1. The summed E-state index contributed by atoms with van der Waals surface area (Å²) in [6.07, 6.45) is 3.77. The van der Waals surface area contributed by atoms with Crippen molar-refractivity contribution in [1.82, 2.24) is 13.9 Å². The third kappa shape index (κ3) is 4.28. The van der Waals surface area contributed by atoms with Gasteiger partial charge in [-0.3, -0.25) is 9.36 Å². The van der Waals surface area contributed by atoms with Crippen molar-refractivity contribution in [2.45, 2.75) is 30.7 Å². The van der Waals surface area contributed by atoms with Crippen LogP contribution in [0.5, 0.6) is 11.5 Å². The van der Waals surface area contributed by atoms with Crippen molar-refractivity contribution in [2.75, 3.05) is 27.3 Å². The molecule has 1 aliphatic rings. The van der Waals surface area contributed by atoms with Crippen LogP contribution in [0.1, 0.15) is 18.4 Å². The van der Waals surface area contributed by atoms with Crippen LogP contribution < -0.4 is 15.0 Å². The van der Waals surface area contributed by atoms with Crippen molar-refractivity contribution < 1.29 is 17.9 Å². The highest BCUT2D eigenvalue weighted by Gasteiger charge is 2.27. The summed E-state index contributed by atoms with van der Waals surface area (Å²) in [5, 5.41) is 0.297. The van der Waals surface area contributed by atoms with E-state index in [4.69, 9.17) is 9.47 Å². The Balaban J connectivity index is 1.64. The highest BCUT2D eigenvalue weighted by Crippen LogP contribution is 2.24. The Morgan fingerprint density at radius 3 is 2.32 bits per heavy atom. The van der Waals surface area contributed by atoms with Gasteiger partial charge < -0.3 is 9.47 Å². The minimum Gasteiger partial charge on any atom is -0.497 e. The van der Waals surface area contributed by atoms with Crippen LogP contribution in [0, 0.1) is 0 Å². The van der Waals surface area contributed by atoms with Crippen LogP contribution in [0.15, 0.2) is 52.4 Å². The zero-order chi connectivity index (χ0) is 22.0. The lowest BCUT2D eigenvalue weighted by Crippen LogP contribution is -2.28. The molecule has 0 saturated carbocycles. The summed E-state index contributed by atoms with van der Waals surface area (Å²) in [5.41, 5.74) is 1.16. The Hall–Kier alpha value is -2.91. The maximum Gasteiger partial charge on any atom is 0.261 e. The minimum atomic E-state index is -3.60. The summed E-state index contributed by atoms with van der Waals surface area (Å²) < 4.78 is 39.3. The molecule has 0 N–H and O–H groups in total. The number of ether oxygens (including phenoxy) is 2. The summed E-state index contributed by atoms with van der Waals surface area (Å²) >= 11 is 0. The molecular formula is C22H25N3O5S. The molecule has 9 heteroatoms. The Bertz CT molecular complexity index is 1240. The zero-order valence-corrected chi connectivity index (χ0v) is 18.4. The van der Waals surface area contributed by atoms with Gasteiger partial charge in [0.15, 0.2) is 0 Å². The highest BCUT2D eigenvalue weighted by atomic mass is 32.2. The summed E-state index contributed by atoms with van der Waals surface area (Å²) in [7, 11) is -0.426. The fourth-order valence-electron chi connectivity index (χ4n) is 3.80. The molecule has 1 fully saturated rings. The second kappa shape index (κ2) is 8.68. The second-order valence-electron chi connectivity index (χ2n) is 7.50. The van der Waals surface area contributed by atoms with Crippen LogP contribution in [0.4, 0.5) is 0 Å². The Labute approximate surface area is 181 Å². The topological polar surface area (TPSA) is 90.7 Å². The maximum atomic E-state index is 13.1. The second-order valence-corrected chi connectivity index (χ2v) is 9.44. The lowest BCUT2D eigenvalue weighted by Gasteiger charge is -2.16. The van der Waals surface area contributed by atoms with E-state index in [1.54, 1.807) is 26.4 Å². The van der Waals surface area contributed by atoms with Crippen LogP contribution in [-0.4, -0.2) is 49.6 Å². The number of benzene rings is 2. The van der Waals surface area contributed by atoms with Crippen LogP contribution in [0.3, 0.4) is 0 Å². The molecule has 31 heavy (non-hydrogen) atoms. The molecule has 0 unspecified atom stereocenters. The van der Waals surface area contributed by atoms with Gasteiger partial charge in [0, 0.05) is 25.7 Å². The van der Waals surface area contributed by atoms with Crippen LogP contribution in [0.2, 0.25) is 0 Å². The van der Waals surface area contributed by atoms with Crippen molar-refractivity contribution in [3.8, 4) is 11.5 Å². The van der Waals surface area contributed by atoms with Crippen molar-refractivity contribution in [3.63, 3.8) is 0 Å². The van der Waals surface area contributed by atoms with E-state index in [2.05, 4.69) is 4.98 Å². The molecule has 1 aliphatic heterocycles. The van der Waals surface area contributed by atoms with Gasteiger partial charge in [-0.2, -0.15) is 4.31 Å². The maximum absolute atomic E-state index is 13.1. The van der Waals surface area contributed by atoms with Gasteiger partial charge in [-0.05, 0) is 55.2 Å². The zero-order valence-electron chi connectivity index (χ0n) is 17.6. The number of aryl methyl sites for hydroxylation is 2. The number of methoxy groups -OCH3 is 2. The molecule has 0 atom stereocenters. The van der Waals surface area contributed by atoms with Gasteiger partial charge >= 0.3 is 0 Å². The van der Waals surface area contributed by atoms with E-state index in [-0.39, 0.29) is 10.5 Å². The van der Waals surface area contributed by atoms with Gasteiger partial charge in [-0.1, -0.05) is 0 Å². The molecule has 1 aromatic heterocycles. The first kappa shape index (κ1) is 21.3. The van der Waals surface area contributed by atoms with Crippen molar-refractivity contribution in [2.24, 2.45) is 0 Å². The van der Waals surface area contributed by atoms with E-state index in [1.807, 2.05) is 12.1 Å². The molecule has 0 bridgehead atoms. The highest BCUT2D eigenvalue weighted by molar-refractivity contribution is 7.89. The van der Waals surface area contributed by atoms with Gasteiger partial charge in [0.1, 0.15) is 11.5 Å². The third-order valence-electron chi connectivity index (χ3n) is 5.55. The number of hydrogen-bond acceptors (Lipinski definition) is 6. The van der Waals surface area contributed by atoms with E-state index in [0.29, 0.717) is 48.5 Å². The molecule has 3 aromatic rings. The van der Waals surface area contributed by atoms with Crippen molar-refractivity contribution in [3.05, 3.63) is 58.6 Å². The number of aromatic nitrogens is 2. The summed E-state index contributed by atoms with van der Waals surface area (Å²) in [5.74, 6) is 1.35. The van der Waals surface area contributed by atoms with Gasteiger partial charge in [0.2, 0.25) is 10.0 Å². The molecule has 0 spiro atoms. The summed E-state index contributed by atoms with van der Waals surface area (Å²) in [4.78, 5) is 17.5. The fraction of sp³-hybridized carbons (Fsp3) is 0.364. The largest absolute Gasteiger partial charge is 0.497 e. The van der Waals surface area contributed by atoms with E-state index in [1.165, 1.54) is 27.3 Å². The lowest BCUT2D eigenvalue weighted by molar-refractivity contribution is 0.393. The molecule has 8 nitrogen and oxygen atoms in total. The van der Waals surface area contributed by atoms with Crippen LogP contribution >= 0.6 is 0 Å². The molecule has 4 rings (SSSR count). The third-order valence-corrected chi connectivity index (χ3v) is 7.45. The first-order valence-corrected chi connectivity index (χ1v) is 11.6. The van der Waals surface area contributed by atoms with E-state index in [9.17, 15) is 13.2 Å². The normalized spacial score (nSPS) is 14.8. The van der Waals surface area contributed by atoms with Gasteiger partial charge in [-0.15, -0.1) is 0 Å². The number of rotatable bonds is 7. The monoisotopic (exact) mass is 443 g/mol. The quantitative estimate of drug-likeness (QED) is 0.557. The number of hydrogen-bond donors (Lipinski definition) is 0. The van der Waals surface area contributed by atoms with Gasteiger partial charge in [0.25, 0.3) is 5.56 Å². The molecule has 164 valence electrons. The number of sulfonamides is 1. The van der Waals surface area contributed by atoms with E-state index >= 15 is 0 Å². The Kier molecular flexibility index (Phi) is 5.97. The predicted octanol–water partition coefficient (Wildman–Crippen LogP) is 2.44. The summed E-state index contributed by atoms with van der Waals surface area (Å²) in [6.45, 7) is 1.42. The number of fused-ring (bicyclic) bond motifs is 1. The Morgan fingerprint density at radius 2 is 1.68 bits per heavy atom. The van der Waals surface area contributed by atoms with Crippen molar-refractivity contribution in [1.29, 1.82) is 0 Å². The summed E-state index contributed by atoms with van der Waals surface area (Å²) in [6, 6.07) is 10.1. The van der Waals surface area contributed by atoms with Crippen LogP contribution in [-0.2, 0) is 23.0 Å². The van der Waals surface area contributed by atoms with E-state index in [0.717, 1.165) is 18.4 Å². The molecule has 2 aromatic carbocycles. The van der Waals surface area contributed by atoms with Crippen LogP contribution in [0.25, 0.3) is 10.9 Å². The first-order chi connectivity index (χ1) is 14.9. The average Bonchev–Trinajstić information content (AvgIpc) is 3.34. The van der Waals surface area contributed by atoms with Gasteiger partial charge in [-0.25, -0.2) is 13.4 Å². The first-order valence-electron chi connectivity index (χ1n) is 10.1. The number of nitrogens with zero attached hydrogens (tertiary/aromatic N) is 3. The molecule has 1 saturated heterocycles. The standard InChI is InChI=1S/C22H25N3O5S/c1-29-17-11-16(12-18(13-17)30-2)7-10-24-15-23-21-6-5-19(14-20(21)22(24)26)31(27,28)25-8-3-4-9-25/h5-6,11-15H,3-4,7-10H2,1-2H3. The molecule has 0 radical (unpaired) electrons. The molecule has 0 aliphatic carbocycles. The molecule has 0 amide bonds. The average molecular weight is 444 g/mol. The fourth-order valence-corrected chi connectivity index (χ4v) is 5.34. The van der Waals surface area contributed by atoms with E-state index < -0.39 is 10.0 Å². The minimum absolute atomic E-state index is 0.135. The molecule has 2 heterocycles. The Morgan fingerprint density at radius 1 is 1.00 bits per heavy atom. The van der Waals surface area contributed by atoms with Crippen molar-refractivity contribution >= 4 is 20.9 Å². The lowest BCUT2D eigenvalue weighted by atomic mass is 10.1. The van der Waals surface area contributed by atoms with Gasteiger partial charge in [0.05, 0.1) is 36.3 Å². The smallest absolute Gasteiger partial charge is 0.261 e.